The van der Waals surface area contributed by atoms with Crippen LogP contribution in [0.2, 0.25) is 5.02 Å². The predicted octanol–water partition coefficient (Wildman–Crippen LogP) is 3.13. The van der Waals surface area contributed by atoms with Gasteiger partial charge < -0.3 is 0 Å². The summed E-state index contributed by atoms with van der Waals surface area (Å²) in [6.45, 7) is 1.79. The van der Waals surface area contributed by atoms with Gasteiger partial charge in [-0.2, -0.15) is 0 Å². The molecule has 1 aromatic carbocycles. The van der Waals surface area contributed by atoms with E-state index in [2.05, 4.69) is 4.72 Å². The van der Waals surface area contributed by atoms with E-state index in [1.807, 2.05) is 6.07 Å². The SMILES string of the molecule is CC(=O)c1ccc(CCNS(=O)(=O)c2ccc(Cl)cc2)s1. The molecule has 0 unspecified atom stereocenters. The van der Waals surface area contributed by atoms with Crippen LogP contribution in [-0.2, 0) is 16.4 Å². The maximum absolute atomic E-state index is 12.0. The number of hydrogen-bond acceptors (Lipinski definition) is 4. The summed E-state index contributed by atoms with van der Waals surface area (Å²) in [6.07, 6.45) is 0.546. The highest BCUT2D eigenvalue weighted by molar-refractivity contribution is 7.89. The second-order valence-electron chi connectivity index (χ2n) is 4.42. The van der Waals surface area contributed by atoms with Crippen LogP contribution in [-0.4, -0.2) is 20.7 Å². The first-order valence-corrected chi connectivity index (χ1v) is 8.91. The average Bonchev–Trinajstić information content (AvgIpc) is 2.88. The van der Waals surface area contributed by atoms with Gasteiger partial charge in [0, 0.05) is 16.4 Å². The van der Waals surface area contributed by atoms with Gasteiger partial charge in [0.05, 0.1) is 9.77 Å². The minimum absolute atomic E-state index is 0.0213. The molecule has 0 fully saturated rings. The third kappa shape index (κ3) is 4.38. The maximum Gasteiger partial charge on any atom is 0.240 e. The first-order valence-electron chi connectivity index (χ1n) is 6.23. The van der Waals surface area contributed by atoms with Crippen molar-refractivity contribution in [3.8, 4) is 0 Å². The number of thiophene rings is 1. The Morgan fingerprint density at radius 3 is 2.43 bits per heavy atom. The number of hydrogen-bond donors (Lipinski definition) is 1. The van der Waals surface area contributed by atoms with Gasteiger partial charge in [0.2, 0.25) is 10.0 Å². The molecule has 0 amide bonds. The molecule has 0 aliphatic rings. The highest BCUT2D eigenvalue weighted by Crippen LogP contribution is 2.18. The van der Waals surface area contributed by atoms with Gasteiger partial charge in [-0.25, -0.2) is 13.1 Å². The number of Topliss-reactive ketones (excluding diaryl/α,β-unsaturated/α-hetero) is 1. The lowest BCUT2D eigenvalue weighted by atomic mass is 10.3. The number of halogens is 1. The molecule has 2 aromatic rings. The zero-order valence-electron chi connectivity index (χ0n) is 11.3. The molecular formula is C14H14ClNO3S2. The van der Waals surface area contributed by atoms with Gasteiger partial charge in [-0.05, 0) is 49.7 Å². The largest absolute Gasteiger partial charge is 0.294 e. The number of nitrogens with one attached hydrogen (secondary N) is 1. The Labute approximate surface area is 132 Å². The molecule has 0 saturated heterocycles. The van der Waals surface area contributed by atoms with Crippen molar-refractivity contribution in [2.75, 3.05) is 6.54 Å². The highest BCUT2D eigenvalue weighted by Gasteiger charge is 2.13. The van der Waals surface area contributed by atoms with E-state index in [0.717, 1.165) is 4.88 Å². The van der Waals surface area contributed by atoms with Gasteiger partial charge in [-0.15, -0.1) is 11.3 Å². The standard InChI is InChI=1S/C14H14ClNO3S2/c1-10(17)14-7-4-12(20-14)8-9-16-21(18,19)13-5-2-11(15)3-6-13/h2-7,16H,8-9H2,1H3. The molecular weight excluding hydrogens is 330 g/mol. The molecule has 1 N–H and O–H groups in total. The summed E-state index contributed by atoms with van der Waals surface area (Å²) in [5.74, 6) is 0.0213. The van der Waals surface area contributed by atoms with Crippen LogP contribution in [0.25, 0.3) is 0 Å². The zero-order valence-corrected chi connectivity index (χ0v) is 13.7. The molecule has 1 heterocycles. The Hall–Kier alpha value is -1.21. The fourth-order valence-corrected chi connectivity index (χ4v) is 3.77. The summed E-state index contributed by atoms with van der Waals surface area (Å²) in [4.78, 5) is 13.0. The molecule has 1 aromatic heterocycles. The smallest absolute Gasteiger partial charge is 0.240 e. The fourth-order valence-electron chi connectivity index (χ4n) is 1.71. The summed E-state index contributed by atoms with van der Waals surface area (Å²) in [5.41, 5.74) is 0. The van der Waals surface area contributed by atoms with Crippen LogP contribution in [0.4, 0.5) is 0 Å². The molecule has 0 saturated carbocycles. The molecule has 0 atom stereocenters. The molecule has 7 heteroatoms. The number of benzene rings is 1. The van der Waals surface area contributed by atoms with Gasteiger partial charge in [-0.3, -0.25) is 4.79 Å². The Morgan fingerprint density at radius 1 is 1.19 bits per heavy atom. The second-order valence-corrected chi connectivity index (χ2v) is 7.80. The summed E-state index contributed by atoms with van der Waals surface area (Å²) >= 11 is 7.12. The zero-order chi connectivity index (χ0) is 15.5. The van der Waals surface area contributed by atoms with Crippen LogP contribution < -0.4 is 4.72 Å². The number of ketones is 1. The van der Waals surface area contributed by atoms with E-state index in [-0.39, 0.29) is 17.2 Å². The molecule has 0 radical (unpaired) electrons. The van der Waals surface area contributed by atoms with Gasteiger partial charge >= 0.3 is 0 Å². The monoisotopic (exact) mass is 343 g/mol. The van der Waals surface area contributed by atoms with Gasteiger partial charge in [0.1, 0.15) is 0 Å². The Kier molecular flexibility index (Phi) is 5.16. The van der Waals surface area contributed by atoms with Crippen molar-refractivity contribution in [2.24, 2.45) is 0 Å². The van der Waals surface area contributed by atoms with Crippen LogP contribution in [0.5, 0.6) is 0 Å². The van der Waals surface area contributed by atoms with E-state index in [1.165, 1.54) is 42.5 Å². The van der Waals surface area contributed by atoms with Gasteiger partial charge in [0.15, 0.2) is 5.78 Å². The van der Waals surface area contributed by atoms with Crippen LogP contribution in [0.15, 0.2) is 41.3 Å². The molecule has 0 aliphatic heterocycles. The van der Waals surface area contributed by atoms with E-state index < -0.39 is 10.0 Å². The molecule has 0 aliphatic carbocycles. The van der Waals surface area contributed by atoms with Crippen molar-refractivity contribution >= 4 is 38.7 Å². The molecule has 0 spiro atoms. The molecule has 0 bridgehead atoms. The maximum atomic E-state index is 12.0. The minimum Gasteiger partial charge on any atom is -0.294 e. The van der Waals surface area contributed by atoms with Crippen LogP contribution in [0, 0.1) is 0 Å². The first kappa shape index (κ1) is 16.2. The van der Waals surface area contributed by atoms with Crippen LogP contribution >= 0.6 is 22.9 Å². The van der Waals surface area contributed by atoms with E-state index in [0.29, 0.717) is 16.3 Å². The van der Waals surface area contributed by atoms with Crippen LogP contribution in [0.3, 0.4) is 0 Å². The third-order valence-electron chi connectivity index (χ3n) is 2.80. The lowest BCUT2D eigenvalue weighted by Gasteiger charge is -2.06. The average molecular weight is 344 g/mol. The van der Waals surface area contributed by atoms with Crippen molar-refractivity contribution < 1.29 is 13.2 Å². The van der Waals surface area contributed by atoms with Crippen molar-refractivity contribution in [3.63, 3.8) is 0 Å². The number of rotatable bonds is 6. The minimum atomic E-state index is -3.53. The normalized spacial score (nSPS) is 11.5. The fraction of sp³-hybridized carbons (Fsp3) is 0.214. The Bertz CT molecular complexity index is 736. The van der Waals surface area contributed by atoms with Crippen LogP contribution in [0.1, 0.15) is 21.5 Å². The van der Waals surface area contributed by atoms with E-state index >= 15 is 0 Å². The van der Waals surface area contributed by atoms with Crippen molar-refractivity contribution in [1.82, 2.24) is 4.72 Å². The van der Waals surface area contributed by atoms with Gasteiger partial charge in [0.25, 0.3) is 0 Å². The summed E-state index contributed by atoms with van der Waals surface area (Å²) in [7, 11) is -3.53. The highest BCUT2D eigenvalue weighted by atomic mass is 35.5. The van der Waals surface area contributed by atoms with Crippen molar-refractivity contribution in [3.05, 3.63) is 51.2 Å². The topological polar surface area (TPSA) is 63.2 Å². The lowest BCUT2D eigenvalue weighted by Crippen LogP contribution is -2.25. The summed E-state index contributed by atoms with van der Waals surface area (Å²) in [5, 5.41) is 0.490. The van der Waals surface area contributed by atoms with Crippen molar-refractivity contribution in [1.29, 1.82) is 0 Å². The third-order valence-corrected chi connectivity index (χ3v) is 5.77. The van der Waals surface area contributed by atoms with E-state index in [4.69, 9.17) is 11.6 Å². The second kappa shape index (κ2) is 6.70. The quantitative estimate of drug-likeness (QED) is 0.819. The summed E-state index contributed by atoms with van der Waals surface area (Å²) in [6, 6.07) is 9.60. The lowest BCUT2D eigenvalue weighted by molar-refractivity contribution is 0.102. The Morgan fingerprint density at radius 2 is 1.86 bits per heavy atom. The number of sulfonamides is 1. The van der Waals surface area contributed by atoms with Crippen molar-refractivity contribution in [2.45, 2.75) is 18.2 Å². The number of carbonyl (C=O) groups is 1. The molecule has 4 nitrogen and oxygen atoms in total. The molecule has 21 heavy (non-hydrogen) atoms. The predicted molar refractivity (Wildman–Crippen MR) is 84.7 cm³/mol. The summed E-state index contributed by atoms with van der Waals surface area (Å²) < 4.78 is 26.6. The first-order chi connectivity index (χ1) is 9.88. The van der Waals surface area contributed by atoms with Gasteiger partial charge in [-0.1, -0.05) is 11.6 Å². The Balaban J connectivity index is 1.95. The molecule has 112 valence electrons. The number of carbonyl (C=O) groups excluding carboxylic acids is 1. The molecule has 2 rings (SSSR count). The van der Waals surface area contributed by atoms with E-state index in [9.17, 15) is 13.2 Å². The van der Waals surface area contributed by atoms with E-state index in [1.54, 1.807) is 6.07 Å².